The summed E-state index contributed by atoms with van der Waals surface area (Å²) in [5.74, 6) is -0.549. The zero-order valence-electron chi connectivity index (χ0n) is 18.8. The maximum Gasteiger partial charge on any atom is 0.249 e. The van der Waals surface area contributed by atoms with Crippen molar-refractivity contribution in [2.75, 3.05) is 5.32 Å². The van der Waals surface area contributed by atoms with Crippen molar-refractivity contribution in [2.45, 2.75) is 51.6 Å². The van der Waals surface area contributed by atoms with E-state index in [1.165, 1.54) is 11.8 Å². The number of carbonyl (C=O) groups excluding carboxylic acids is 1. The summed E-state index contributed by atoms with van der Waals surface area (Å²) < 4.78 is 0. The summed E-state index contributed by atoms with van der Waals surface area (Å²) in [4.78, 5) is 20.5. The highest BCUT2D eigenvalue weighted by molar-refractivity contribution is 5.95. The third-order valence-corrected chi connectivity index (χ3v) is 6.21. The predicted octanol–water partition coefficient (Wildman–Crippen LogP) is 4.11. The second-order valence-electron chi connectivity index (χ2n) is 8.95. The van der Waals surface area contributed by atoms with Crippen LogP contribution in [0.25, 0.3) is 0 Å². The van der Waals surface area contributed by atoms with Gasteiger partial charge in [0.2, 0.25) is 12.1 Å². The molecule has 2 unspecified atom stereocenters. The van der Waals surface area contributed by atoms with Gasteiger partial charge in [-0.05, 0) is 60.9 Å². The molecule has 7 heteroatoms. The standard InChI is InChI=1S/C25H30N6O/c1-17-8-6-12-24(2,3)21(17)25(28,15-30-16-26)22(31-18-9-7-13-29-14-18)19-10-4-5-11-20(19)23(27)32/h4-5,7,9-11,13-15,22,31H,6,8,12,28H2,1-3H3,(H2,27,32). The number of nitrogens with two attached hydrogens (primary N) is 2. The van der Waals surface area contributed by atoms with Crippen molar-refractivity contribution in [1.82, 2.24) is 4.98 Å². The number of primary amides is 1. The van der Waals surface area contributed by atoms with E-state index in [9.17, 15) is 10.1 Å². The smallest absolute Gasteiger partial charge is 0.249 e. The number of rotatable bonds is 7. The fourth-order valence-electron chi connectivity index (χ4n) is 5.04. The van der Waals surface area contributed by atoms with Gasteiger partial charge in [0.05, 0.1) is 17.3 Å². The van der Waals surface area contributed by atoms with E-state index in [-0.39, 0.29) is 5.41 Å². The van der Waals surface area contributed by atoms with Crippen molar-refractivity contribution in [1.29, 1.82) is 5.26 Å². The SMILES string of the molecule is CC1=C(C(N)(C=NC#N)C(Nc2cccnc2)c2ccccc2C(N)=O)C(C)(C)CCC1. The van der Waals surface area contributed by atoms with E-state index >= 15 is 0 Å². The van der Waals surface area contributed by atoms with Crippen molar-refractivity contribution in [2.24, 2.45) is 21.9 Å². The highest BCUT2D eigenvalue weighted by Gasteiger charge is 2.47. The summed E-state index contributed by atoms with van der Waals surface area (Å²) in [6.45, 7) is 6.40. The third-order valence-electron chi connectivity index (χ3n) is 6.21. The lowest BCUT2D eigenvalue weighted by molar-refractivity contribution is 0.0999. The molecule has 1 amide bonds. The van der Waals surface area contributed by atoms with E-state index in [1.807, 2.05) is 30.5 Å². The summed E-state index contributed by atoms with van der Waals surface area (Å²) in [7, 11) is 0. The molecule has 0 aliphatic heterocycles. The molecule has 0 bridgehead atoms. The van der Waals surface area contributed by atoms with Gasteiger partial charge in [-0.15, -0.1) is 0 Å². The van der Waals surface area contributed by atoms with Gasteiger partial charge in [-0.25, -0.2) is 0 Å². The molecule has 0 saturated carbocycles. The number of benzene rings is 1. The zero-order chi connectivity index (χ0) is 23.4. The fourth-order valence-corrected chi connectivity index (χ4v) is 5.04. The molecular weight excluding hydrogens is 400 g/mol. The Bertz CT molecular complexity index is 1080. The first kappa shape index (κ1) is 23.2. The molecular formula is C25H30N6O. The maximum absolute atomic E-state index is 12.3. The van der Waals surface area contributed by atoms with Crippen LogP contribution in [0.15, 0.2) is 64.9 Å². The van der Waals surface area contributed by atoms with Gasteiger partial charge in [-0.2, -0.15) is 10.3 Å². The van der Waals surface area contributed by atoms with Crippen LogP contribution in [0.4, 0.5) is 5.69 Å². The van der Waals surface area contributed by atoms with Crippen molar-refractivity contribution >= 4 is 17.8 Å². The van der Waals surface area contributed by atoms with E-state index in [4.69, 9.17) is 11.5 Å². The van der Waals surface area contributed by atoms with Crippen LogP contribution in [0, 0.1) is 16.9 Å². The van der Waals surface area contributed by atoms with E-state index in [1.54, 1.807) is 24.5 Å². The molecule has 0 saturated heterocycles. The summed E-state index contributed by atoms with van der Waals surface area (Å²) in [5, 5.41) is 12.8. The second-order valence-corrected chi connectivity index (χ2v) is 8.95. The number of nitrogens with one attached hydrogen (secondary N) is 1. The maximum atomic E-state index is 12.3. The molecule has 2 aromatic rings. The minimum Gasteiger partial charge on any atom is -0.374 e. The lowest BCUT2D eigenvalue weighted by atomic mass is 9.62. The minimum atomic E-state index is -1.20. The van der Waals surface area contributed by atoms with Gasteiger partial charge in [0.1, 0.15) is 0 Å². The largest absolute Gasteiger partial charge is 0.374 e. The summed E-state index contributed by atoms with van der Waals surface area (Å²) in [6, 6.07) is 10.2. The number of pyridine rings is 1. The van der Waals surface area contributed by atoms with Gasteiger partial charge < -0.3 is 16.8 Å². The molecule has 32 heavy (non-hydrogen) atoms. The Kier molecular flexibility index (Phi) is 6.75. The molecule has 0 radical (unpaired) electrons. The highest BCUT2D eigenvalue weighted by atomic mass is 16.1. The molecule has 5 N–H and O–H groups in total. The molecule has 0 fully saturated rings. The Labute approximate surface area is 189 Å². The first-order valence-corrected chi connectivity index (χ1v) is 10.7. The van der Waals surface area contributed by atoms with Crippen LogP contribution in [0.3, 0.4) is 0 Å². The number of nitrogens with zero attached hydrogens (tertiary/aromatic N) is 3. The molecule has 1 aromatic heterocycles. The van der Waals surface area contributed by atoms with Crippen molar-refractivity contribution in [3.63, 3.8) is 0 Å². The molecule has 3 rings (SSSR count). The molecule has 2 atom stereocenters. The molecule has 1 aliphatic rings. The Hall–Kier alpha value is -3.50. The Morgan fingerprint density at radius 2 is 2.09 bits per heavy atom. The number of aliphatic imine (C=N–C) groups is 1. The number of aromatic nitrogens is 1. The Balaban J connectivity index is 2.32. The van der Waals surface area contributed by atoms with Gasteiger partial charge >= 0.3 is 0 Å². The van der Waals surface area contributed by atoms with Gasteiger partial charge in [0.25, 0.3) is 0 Å². The number of carbonyl (C=O) groups is 1. The fraction of sp³-hybridized carbons (Fsp3) is 0.360. The minimum absolute atomic E-state index is 0.227. The van der Waals surface area contributed by atoms with Crippen LogP contribution >= 0.6 is 0 Å². The van der Waals surface area contributed by atoms with Crippen LogP contribution in [0.5, 0.6) is 0 Å². The highest BCUT2D eigenvalue weighted by Crippen LogP contribution is 2.48. The first-order chi connectivity index (χ1) is 15.2. The predicted molar refractivity (Wildman–Crippen MR) is 127 cm³/mol. The molecule has 0 spiro atoms. The normalized spacial score (nSPS) is 18.6. The molecule has 166 valence electrons. The lowest BCUT2D eigenvalue weighted by Crippen LogP contribution is -2.56. The van der Waals surface area contributed by atoms with Crippen LogP contribution in [0.2, 0.25) is 0 Å². The van der Waals surface area contributed by atoms with Gasteiger partial charge in [0.15, 0.2) is 0 Å². The topological polar surface area (TPSA) is 130 Å². The van der Waals surface area contributed by atoms with Gasteiger partial charge in [-0.3, -0.25) is 9.78 Å². The zero-order valence-corrected chi connectivity index (χ0v) is 18.8. The van der Waals surface area contributed by atoms with Crippen molar-refractivity contribution in [3.05, 3.63) is 71.1 Å². The molecule has 1 aliphatic carbocycles. The Morgan fingerprint density at radius 1 is 1.34 bits per heavy atom. The molecule has 1 heterocycles. The third kappa shape index (κ3) is 4.56. The lowest BCUT2D eigenvalue weighted by Gasteiger charge is -2.47. The van der Waals surface area contributed by atoms with Gasteiger partial charge in [0, 0.05) is 24.2 Å². The van der Waals surface area contributed by atoms with Crippen molar-refractivity contribution in [3.8, 4) is 6.19 Å². The van der Waals surface area contributed by atoms with Crippen LogP contribution in [-0.2, 0) is 0 Å². The van der Waals surface area contributed by atoms with E-state index in [0.29, 0.717) is 11.1 Å². The van der Waals surface area contributed by atoms with Crippen LogP contribution < -0.4 is 16.8 Å². The Morgan fingerprint density at radius 3 is 2.72 bits per heavy atom. The number of allylic oxidation sites excluding steroid dienone is 1. The van der Waals surface area contributed by atoms with Crippen LogP contribution in [0.1, 0.15) is 62.0 Å². The monoisotopic (exact) mass is 430 g/mol. The molecule has 1 aromatic carbocycles. The number of hydrogen-bond acceptors (Lipinski definition) is 6. The summed E-state index contributed by atoms with van der Waals surface area (Å²) >= 11 is 0. The average molecular weight is 431 g/mol. The van der Waals surface area contributed by atoms with E-state index in [0.717, 1.165) is 30.5 Å². The van der Waals surface area contributed by atoms with E-state index in [2.05, 4.69) is 36.1 Å². The quantitative estimate of drug-likeness (QED) is 0.346. The first-order valence-electron chi connectivity index (χ1n) is 10.7. The van der Waals surface area contributed by atoms with Gasteiger partial charge in [-0.1, -0.05) is 37.6 Å². The van der Waals surface area contributed by atoms with E-state index < -0.39 is 17.5 Å². The summed E-state index contributed by atoms with van der Waals surface area (Å²) in [6.07, 6.45) is 9.65. The number of nitriles is 1. The summed E-state index contributed by atoms with van der Waals surface area (Å²) in [5.41, 5.74) is 15.4. The second kappa shape index (κ2) is 9.33. The average Bonchev–Trinajstić information content (AvgIpc) is 2.76. The number of hydrogen-bond donors (Lipinski definition) is 3. The number of anilines is 1. The van der Waals surface area contributed by atoms with Crippen LogP contribution in [-0.4, -0.2) is 22.6 Å². The number of amides is 1. The molecule has 7 nitrogen and oxygen atoms in total. The van der Waals surface area contributed by atoms with Crippen molar-refractivity contribution < 1.29 is 4.79 Å².